The predicted molar refractivity (Wildman–Crippen MR) is 101 cm³/mol. The summed E-state index contributed by atoms with van der Waals surface area (Å²) in [5.74, 6) is 1.94. The topological polar surface area (TPSA) is 0 Å². The number of unbranched alkanes of at least 4 members (excludes halogenated alkanes) is 10. The molecule has 1 aliphatic carbocycles. The molecule has 22 heavy (non-hydrogen) atoms. The van der Waals surface area contributed by atoms with Gasteiger partial charge in [0, 0.05) is 0 Å². The van der Waals surface area contributed by atoms with Gasteiger partial charge in [0.25, 0.3) is 0 Å². The number of hydrogen-bond donors (Lipinski definition) is 0. The fourth-order valence-electron chi connectivity index (χ4n) is 4.00. The van der Waals surface area contributed by atoms with Crippen molar-refractivity contribution in [3.63, 3.8) is 0 Å². The van der Waals surface area contributed by atoms with Crippen molar-refractivity contribution in [2.75, 3.05) is 0 Å². The summed E-state index contributed by atoms with van der Waals surface area (Å²) in [7, 11) is 0. The van der Waals surface area contributed by atoms with Gasteiger partial charge < -0.3 is 0 Å². The van der Waals surface area contributed by atoms with E-state index in [1.54, 1.807) is 0 Å². The van der Waals surface area contributed by atoms with Crippen LogP contribution < -0.4 is 0 Å². The van der Waals surface area contributed by atoms with E-state index in [-0.39, 0.29) is 0 Å². The highest BCUT2D eigenvalue weighted by Gasteiger charge is 2.24. The minimum absolute atomic E-state index is 0.922. The van der Waals surface area contributed by atoms with Gasteiger partial charge in [0.15, 0.2) is 0 Å². The van der Waals surface area contributed by atoms with E-state index in [9.17, 15) is 0 Å². The van der Waals surface area contributed by atoms with Crippen molar-refractivity contribution in [1.82, 2.24) is 0 Å². The quantitative estimate of drug-likeness (QED) is 0.225. The Labute approximate surface area is 141 Å². The maximum Gasteiger partial charge on any atom is -0.0205 e. The second kappa shape index (κ2) is 14.3. The molecule has 0 N–H and O–H groups in total. The van der Waals surface area contributed by atoms with Gasteiger partial charge >= 0.3 is 0 Å². The molecule has 0 radical (unpaired) electrons. The zero-order valence-corrected chi connectivity index (χ0v) is 15.6. The minimum atomic E-state index is 0.922. The van der Waals surface area contributed by atoms with Crippen molar-refractivity contribution < 1.29 is 0 Å². The number of rotatable bonds is 14. The predicted octanol–water partition coefficient (Wildman–Crippen LogP) is 8.07. The first-order valence-electron chi connectivity index (χ1n) is 10.5. The molecule has 0 bridgehead atoms. The van der Waals surface area contributed by atoms with Crippen molar-refractivity contribution in [1.29, 1.82) is 0 Å². The third-order valence-corrected chi connectivity index (χ3v) is 5.50. The average Bonchev–Trinajstić information content (AvgIpc) is 2.97. The summed E-state index contributed by atoms with van der Waals surface area (Å²) in [6, 6.07) is 0. The second-order valence-corrected chi connectivity index (χ2v) is 7.54. The maximum atomic E-state index is 2.59. The smallest absolute Gasteiger partial charge is 0.0205 e. The van der Waals surface area contributed by atoms with Gasteiger partial charge in [0.05, 0.1) is 0 Å². The van der Waals surface area contributed by atoms with Crippen molar-refractivity contribution >= 4 is 0 Å². The lowest BCUT2D eigenvalue weighted by Gasteiger charge is -2.16. The highest BCUT2D eigenvalue weighted by Crippen LogP contribution is 2.36. The normalized spacial score (nSPS) is 21.9. The molecule has 0 heterocycles. The lowest BCUT2D eigenvalue weighted by molar-refractivity contribution is 0.401. The molecule has 0 heteroatoms. The van der Waals surface area contributed by atoms with Crippen LogP contribution in [0.2, 0.25) is 0 Å². The summed E-state index contributed by atoms with van der Waals surface area (Å²) in [5, 5.41) is 0. The average molecular weight is 307 g/mol. The highest BCUT2D eigenvalue weighted by atomic mass is 14.3. The van der Waals surface area contributed by atoms with Crippen LogP contribution in [0, 0.1) is 11.8 Å². The molecular weight excluding hydrogens is 264 g/mol. The van der Waals surface area contributed by atoms with E-state index in [1.807, 2.05) is 0 Å². The molecule has 1 aliphatic rings. The Morgan fingerprint density at radius 3 is 2.09 bits per heavy atom. The molecule has 0 aromatic rings. The molecule has 1 saturated carbocycles. The molecule has 130 valence electrons. The van der Waals surface area contributed by atoms with Crippen molar-refractivity contribution in [3.8, 4) is 0 Å². The van der Waals surface area contributed by atoms with Crippen LogP contribution in [0.3, 0.4) is 0 Å². The van der Waals surface area contributed by atoms with E-state index in [4.69, 9.17) is 0 Å². The van der Waals surface area contributed by atoms with Gasteiger partial charge in [0.2, 0.25) is 0 Å². The van der Waals surface area contributed by atoms with Crippen molar-refractivity contribution in [2.24, 2.45) is 11.8 Å². The molecule has 0 aliphatic heterocycles. The number of allylic oxidation sites excluding steroid dienone is 2. The first-order chi connectivity index (χ1) is 10.9. The molecule has 0 nitrogen and oxygen atoms in total. The summed E-state index contributed by atoms with van der Waals surface area (Å²) < 4.78 is 0. The van der Waals surface area contributed by atoms with Gasteiger partial charge in [-0.3, -0.25) is 0 Å². The standard InChI is InChI=1S/C22H42/c1-3-5-7-9-11-13-15-18-22-20-16-19-21(22)17-14-12-10-8-6-4-2/h14,17,21-22H,3-13,15-16,18-20H2,1-2H3/t21-,22-/m0/s1. The van der Waals surface area contributed by atoms with Crippen LogP contribution in [0.1, 0.15) is 117 Å². The van der Waals surface area contributed by atoms with E-state index in [0.29, 0.717) is 0 Å². The Kier molecular flexibility index (Phi) is 12.9. The van der Waals surface area contributed by atoms with E-state index in [0.717, 1.165) is 11.8 Å². The van der Waals surface area contributed by atoms with Crippen LogP contribution >= 0.6 is 0 Å². The molecule has 0 aromatic heterocycles. The lowest BCUT2D eigenvalue weighted by Crippen LogP contribution is -2.05. The first-order valence-corrected chi connectivity index (χ1v) is 10.5. The van der Waals surface area contributed by atoms with Crippen LogP contribution in [-0.2, 0) is 0 Å². The zero-order chi connectivity index (χ0) is 15.9. The van der Waals surface area contributed by atoms with Gasteiger partial charge in [0.1, 0.15) is 0 Å². The molecule has 2 atom stereocenters. The Balaban J connectivity index is 2.03. The zero-order valence-electron chi connectivity index (χ0n) is 15.6. The molecule has 0 saturated heterocycles. The first kappa shape index (κ1) is 19.8. The summed E-state index contributed by atoms with van der Waals surface area (Å²) in [6.07, 6.45) is 28.1. The molecular formula is C22H42. The van der Waals surface area contributed by atoms with Crippen LogP contribution in [0.15, 0.2) is 12.2 Å². The molecule has 1 fully saturated rings. The van der Waals surface area contributed by atoms with Crippen LogP contribution in [0.5, 0.6) is 0 Å². The Morgan fingerprint density at radius 2 is 1.36 bits per heavy atom. The second-order valence-electron chi connectivity index (χ2n) is 7.54. The van der Waals surface area contributed by atoms with Gasteiger partial charge in [-0.15, -0.1) is 0 Å². The summed E-state index contributed by atoms with van der Waals surface area (Å²) in [4.78, 5) is 0. The Bertz CT molecular complexity index is 253. The molecule has 0 aromatic carbocycles. The molecule has 0 unspecified atom stereocenters. The minimum Gasteiger partial charge on any atom is -0.0882 e. The third kappa shape index (κ3) is 9.70. The van der Waals surface area contributed by atoms with E-state index in [2.05, 4.69) is 26.0 Å². The Hall–Kier alpha value is -0.260. The SMILES string of the molecule is CCCCCCC=C[C@H]1CCC[C@@H]1CCCCCCCCC. The molecule has 1 rings (SSSR count). The summed E-state index contributed by atoms with van der Waals surface area (Å²) >= 11 is 0. The van der Waals surface area contributed by atoms with E-state index < -0.39 is 0 Å². The lowest BCUT2D eigenvalue weighted by atomic mass is 9.90. The largest absolute Gasteiger partial charge is 0.0882 e. The fourth-order valence-corrected chi connectivity index (χ4v) is 4.00. The highest BCUT2D eigenvalue weighted by molar-refractivity contribution is 4.94. The van der Waals surface area contributed by atoms with Crippen molar-refractivity contribution in [3.05, 3.63) is 12.2 Å². The Morgan fingerprint density at radius 1 is 0.727 bits per heavy atom. The van der Waals surface area contributed by atoms with Crippen LogP contribution in [-0.4, -0.2) is 0 Å². The van der Waals surface area contributed by atoms with Gasteiger partial charge in [-0.05, 0) is 43.9 Å². The fraction of sp³-hybridized carbons (Fsp3) is 0.909. The van der Waals surface area contributed by atoms with Gasteiger partial charge in [-0.1, -0.05) is 96.6 Å². The molecule has 0 spiro atoms. The monoisotopic (exact) mass is 306 g/mol. The van der Waals surface area contributed by atoms with Crippen LogP contribution in [0.4, 0.5) is 0 Å². The third-order valence-electron chi connectivity index (χ3n) is 5.50. The molecule has 0 amide bonds. The van der Waals surface area contributed by atoms with Crippen molar-refractivity contribution in [2.45, 2.75) is 117 Å². The summed E-state index contributed by atoms with van der Waals surface area (Å²) in [5.41, 5.74) is 0. The van der Waals surface area contributed by atoms with Gasteiger partial charge in [-0.2, -0.15) is 0 Å². The van der Waals surface area contributed by atoms with Crippen LogP contribution in [0.25, 0.3) is 0 Å². The van der Waals surface area contributed by atoms with E-state index in [1.165, 1.54) is 103 Å². The summed E-state index contributed by atoms with van der Waals surface area (Å²) in [6.45, 7) is 4.60. The number of hydrogen-bond acceptors (Lipinski definition) is 0. The van der Waals surface area contributed by atoms with E-state index >= 15 is 0 Å². The maximum absolute atomic E-state index is 2.59. The van der Waals surface area contributed by atoms with Gasteiger partial charge in [-0.25, -0.2) is 0 Å².